The number of aryl methyl sites for hydroxylation is 1. The van der Waals surface area contributed by atoms with Crippen molar-refractivity contribution in [1.29, 1.82) is 0 Å². The highest BCUT2D eigenvalue weighted by Crippen LogP contribution is 2.32. The summed E-state index contributed by atoms with van der Waals surface area (Å²) in [6.45, 7) is 3.84. The van der Waals surface area contributed by atoms with Gasteiger partial charge in [0, 0.05) is 19.3 Å². The van der Waals surface area contributed by atoms with Crippen LogP contribution in [-0.4, -0.2) is 37.9 Å². The molecule has 1 aliphatic heterocycles. The van der Waals surface area contributed by atoms with Gasteiger partial charge in [-0.15, -0.1) is 0 Å². The molecular formula is C17H23N3O3S. The first-order chi connectivity index (χ1) is 11.4. The van der Waals surface area contributed by atoms with Gasteiger partial charge in [0.15, 0.2) is 15.7 Å². The van der Waals surface area contributed by atoms with Gasteiger partial charge < -0.3 is 9.84 Å². The Kier molecular flexibility index (Phi) is 5.01. The van der Waals surface area contributed by atoms with Crippen LogP contribution in [0.4, 0.5) is 0 Å². The van der Waals surface area contributed by atoms with Gasteiger partial charge in [-0.05, 0) is 29.9 Å². The fourth-order valence-electron chi connectivity index (χ4n) is 3.14. The van der Waals surface area contributed by atoms with Crippen LogP contribution in [0.5, 0.6) is 0 Å². The van der Waals surface area contributed by atoms with Gasteiger partial charge in [0.2, 0.25) is 5.89 Å². The molecule has 2 unspecified atom stereocenters. The van der Waals surface area contributed by atoms with Gasteiger partial charge in [0.05, 0.1) is 5.92 Å². The summed E-state index contributed by atoms with van der Waals surface area (Å²) in [5.41, 5.74) is 2.64. The molecule has 1 aromatic heterocycles. The van der Waals surface area contributed by atoms with Gasteiger partial charge >= 0.3 is 0 Å². The predicted molar refractivity (Wildman–Crippen MR) is 91.6 cm³/mol. The lowest BCUT2D eigenvalue weighted by molar-refractivity contribution is 0.307. The molecule has 1 fully saturated rings. The minimum atomic E-state index is -3.16. The van der Waals surface area contributed by atoms with E-state index >= 15 is 0 Å². The van der Waals surface area contributed by atoms with E-state index in [1.165, 1.54) is 17.4 Å². The summed E-state index contributed by atoms with van der Waals surface area (Å²) in [5.74, 6) is 1.08. The average molecular weight is 349 g/mol. The lowest BCUT2D eigenvalue weighted by atomic mass is 9.85. The van der Waals surface area contributed by atoms with Crippen LogP contribution >= 0.6 is 0 Å². The average Bonchev–Trinajstić information content (AvgIpc) is 3.01. The van der Waals surface area contributed by atoms with Crippen LogP contribution < -0.4 is 5.32 Å². The van der Waals surface area contributed by atoms with Gasteiger partial charge in [-0.2, -0.15) is 4.98 Å². The fourth-order valence-corrected chi connectivity index (χ4v) is 3.72. The van der Waals surface area contributed by atoms with Crippen molar-refractivity contribution in [2.24, 2.45) is 0 Å². The Morgan fingerprint density at radius 2 is 1.92 bits per heavy atom. The minimum Gasteiger partial charge on any atom is -0.339 e. The zero-order chi connectivity index (χ0) is 17.2. The number of sulfone groups is 1. The van der Waals surface area contributed by atoms with Crippen LogP contribution in [0.3, 0.4) is 0 Å². The smallest absolute Gasteiger partial charge is 0.231 e. The molecule has 0 aliphatic carbocycles. The number of benzene rings is 1. The number of aromatic nitrogens is 2. The molecule has 2 aromatic rings. The first-order valence-corrected chi connectivity index (χ1v) is 10.3. The highest BCUT2D eigenvalue weighted by Gasteiger charge is 2.28. The highest BCUT2D eigenvalue weighted by molar-refractivity contribution is 7.89. The van der Waals surface area contributed by atoms with Crippen LogP contribution in [0, 0.1) is 0 Å². The number of nitrogens with zero attached hydrogens (tertiary/aromatic N) is 2. The molecule has 1 aliphatic rings. The number of piperidine rings is 1. The van der Waals surface area contributed by atoms with Gasteiger partial charge in [-0.1, -0.05) is 36.3 Å². The Balaban J connectivity index is 1.71. The SMILES string of the molecule is CCc1ccc(C2CNCC(c3nc(CS(C)(=O)=O)no3)C2)cc1. The topological polar surface area (TPSA) is 85.1 Å². The number of nitrogens with one attached hydrogen (secondary N) is 1. The lowest BCUT2D eigenvalue weighted by Gasteiger charge is -2.28. The molecule has 0 radical (unpaired) electrons. The molecule has 0 saturated carbocycles. The third-order valence-corrected chi connectivity index (χ3v) is 5.22. The van der Waals surface area contributed by atoms with E-state index in [9.17, 15) is 8.42 Å². The third kappa shape index (κ3) is 4.21. The maximum atomic E-state index is 11.3. The summed E-state index contributed by atoms with van der Waals surface area (Å²) in [4.78, 5) is 4.28. The number of hydrogen-bond acceptors (Lipinski definition) is 6. The molecule has 0 spiro atoms. The van der Waals surface area contributed by atoms with E-state index in [1.807, 2.05) is 0 Å². The van der Waals surface area contributed by atoms with Gasteiger partial charge in [0.25, 0.3) is 0 Å². The van der Waals surface area contributed by atoms with Gasteiger partial charge in [-0.3, -0.25) is 0 Å². The summed E-state index contributed by atoms with van der Waals surface area (Å²) in [7, 11) is -3.16. The molecule has 24 heavy (non-hydrogen) atoms. The largest absolute Gasteiger partial charge is 0.339 e. The van der Waals surface area contributed by atoms with Crippen molar-refractivity contribution in [2.75, 3.05) is 19.3 Å². The van der Waals surface area contributed by atoms with Gasteiger partial charge in [0.1, 0.15) is 5.75 Å². The molecule has 130 valence electrons. The van der Waals surface area contributed by atoms with E-state index in [2.05, 4.69) is 46.6 Å². The maximum Gasteiger partial charge on any atom is 0.231 e. The molecule has 3 rings (SSSR count). The van der Waals surface area contributed by atoms with E-state index in [0.29, 0.717) is 11.8 Å². The monoisotopic (exact) mass is 349 g/mol. The molecule has 6 nitrogen and oxygen atoms in total. The van der Waals surface area contributed by atoms with E-state index < -0.39 is 9.84 Å². The van der Waals surface area contributed by atoms with Crippen molar-refractivity contribution < 1.29 is 12.9 Å². The molecule has 1 N–H and O–H groups in total. The molecule has 2 heterocycles. The number of hydrogen-bond donors (Lipinski definition) is 1. The number of rotatable bonds is 5. The summed E-state index contributed by atoms with van der Waals surface area (Å²) in [5, 5.41) is 7.23. The van der Waals surface area contributed by atoms with E-state index in [1.54, 1.807) is 0 Å². The Labute approximate surface area is 142 Å². The van der Waals surface area contributed by atoms with Crippen molar-refractivity contribution in [2.45, 2.75) is 37.4 Å². The molecular weight excluding hydrogens is 326 g/mol. The third-order valence-electron chi connectivity index (χ3n) is 4.43. The summed E-state index contributed by atoms with van der Waals surface area (Å²) >= 11 is 0. The van der Waals surface area contributed by atoms with Crippen molar-refractivity contribution >= 4 is 9.84 Å². The van der Waals surface area contributed by atoms with Crippen LogP contribution in [0.15, 0.2) is 28.8 Å². The van der Waals surface area contributed by atoms with Crippen molar-refractivity contribution in [3.63, 3.8) is 0 Å². The predicted octanol–water partition coefficient (Wildman–Crippen LogP) is 2.04. The standard InChI is InChI=1S/C17H23N3O3S/c1-3-12-4-6-13(7-5-12)14-8-15(10-18-9-14)17-19-16(20-23-17)11-24(2,21)22/h4-7,14-15,18H,3,8-11H2,1-2H3. The van der Waals surface area contributed by atoms with Crippen LogP contribution in [0.1, 0.15) is 48.0 Å². The molecule has 0 amide bonds. The Morgan fingerprint density at radius 1 is 1.21 bits per heavy atom. The second-order valence-corrected chi connectivity index (χ2v) is 8.64. The van der Waals surface area contributed by atoms with E-state index in [4.69, 9.17) is 4.52 Å². The Morgan fingerprint density at radius 3 is 2.58 bits per heavy atom. The fraction of sp³-hybridized carbons (Fsp3) is 0.529. The van der Waals surface area contributed by atoms with Crippen molar-refractivity contribution in [3.05, 3.63) is 47.1 Å². The molecule has 0 bridgehead atoms. The van der Waals surface area contributed by atoms with Gasteiger partial charge in [-0.25, -0.2) is 8.42 Å². The minimum absolute atomic E-state index is 0.107. The summed E-state index contributed by atoms with van der Waals surface area (Å²) in [6, 6.07) is 8.73. The second kappa shape index (κ2) is 7.03. The zero-order valence-corrected chi connectivity index (χ0v) is 14.8. The van der Waals surface area contributed by atoms with Crippen molar-refractivity contribution in [3.8, 4) is 0 Å². The lowest BCUT2D eigenvalue weighted by Crippen LogP contribution is -2.34. The molecule has 2 atom stereocenters. The van der Waals surface area contributed by atoms with E-state index in [0.717, 1.165) is 25.9 Å². The quantitative estimate of drug-likeness (QED) is 0.889. The zero-order valence-electron chi connectivity index (χ0n) is 14.0. The van der Waals surface area contributed by atoms with Crippen LogP contribution in [0.25, 0.3) is 0 Å². The Bertz CT molecular complexity index is 784. The molecule has 1 aromatic carbocycles. The van der Waals surface area contributed by atoms with E-state index in [-0.39, 0.29) is 17.5 Å². The van der Waals surface area contributed by atoms with Crippen LogP contribution in [-0.2, 0) is 22.0 Å². The second-order valence-electron chi connectivity index (χ2n) is 6.50. The highest BCUT2D eigenvalue weighted by atomic mass is 32.2. The molecule has 7 heteroatoms. The normalized spacial score (nSPS) is 21.8. The molecule has 1 saturated heterocycles. The summed E-state index contributed by atoms with van der Waals surface area (Å²) < 4.78 is 28.0. The Hall–Kier alpha value is -1.73. The maximum absolute atomic E-state index is 11.3. The first kappa shape index (κ1) is 17.1. The first-order valence-electron chi connectivity index (χ1n) is 8.24. The van der Waals surface area contributed by atoms with Crippen molar-refractivity contribution in [1.82, 2.24) is 15.5 Å². The summed E-state index contributed by atoms with van der Waals surface area (Å²) in [6.07, 6.45) is 3.12. The van der Waals surface area contributed by atoms with Crippen LogP contribution in [0.2, 0.25) is 0 Å².